The van der Waals surface area contributed by atoms with Crippen molar-refractivity contribution in [3.05, 3.63) is 51.8 Å². The zero-order valence-corrected chi connectivity index (χ0v) is 12.6. The lowest BCUT2D eigenvalue weighted by Crippen LogP contribution is -2.36. The fraction of sp³-hybridized carbons (Fsp3) is 0.333. The van der Waals surface area contributed by atoms with Gasteiger partial charge in [-0.05, 0) is 42.3 Å². The lowest BCUT2D eigenvalue weighted by atomic mass is 10.1. The molecule has 1 aliphatic heterocycles. The van der Waals surface area contributed by atoms with Gasteiger partial charge in [0.05, 0.1) is 17.9 Å². The average Bonchev–Trinajstić information content (AvgIpc) is 2.76. The van der Waals surface area contributed by atoms with Gasteiger partial charge in [0.25, 0.3) is 5.91 Å². The molecule has 2 heterocycles. The summed E-state index contributed by atoms with van der Waals surface area (Å²) in [7, 11) is 1.84. The minimum atomic E-state index is -0.300. The van der Waals surface area contributed by atoms with Gasteiger partial charge in [0, 0.05) is 25.6 Å². The zero-order valence-electron chi connectivity index (χ0n) is 11.9. The normalized spacial score (nSPS) is 14.2. The predicted molar refractivity (Wildman–Crippen MR) is 77.8 cm³/mol. The number of rotatable bonds is 1. The standard InChI is InChI=1S/C15H15ClFN3O/c1-9-7-10(3-4-11(9)17)14(21)20-6-5-12-13(8-20)19(2)15(16)18-12/h3-4,7H,5-6,8H2,1-2H3. The highest BCUT2D eigenvalue weighted by Crippen LogP contribution is 2.23. The predicted octanol–water partition coefficient (Wildman–Crippen LogP) is 2.72. The van der Waals surface area contributed by atoms with Gasteiger partial charge in [0.2, 0.25) is 5.28 Å². The minimum absolute atomic E-state index is 0.0962. The molecule has 21 heavy (non-hydrogen) atoms. The maximum Gasteiger partial charge on any atom is 0.254 e. The van der Waals surface area contributed by atoms with Crippen molar-refractivity contribution in [1.82, 2.24) is 14.5 Å². The smallest absolute Gasteiger partial charge is 0.254 e. The second-order valence-corrected chi connectivity index (χ2v) is 5.61. The quantitative estimate of drug-likeness (QED) is 0.812. The van der Waals surface area contributed by atoms with Crippen LogP contribution in [0.15, 0.2) is 18.2 Å². The van der Waals surface area contributed by atoms with E-state index >= 15 is 0 Å². The average molecular weight is 308 g/mol. The van der Waals surface area contributed by atoms with Crippen molar-refractivity contribution in [2.45, 2.75) is 19.9 Å². The molecule has 110 valence electrons. The van der Waals surface area contributed by atoms with Gasteiger partial charge in [0.1, 0.15) is 5.82 Å². The molecule has 1 aromatic heterocycles. The number of halogens is 2. The number of carbonyl (C=O) groups excluding carboxylic acids is 1. The van der Waals surface area contributed by atoms with E-state index in [1.807, 2.05) is 7.05 Å². The van der Waals surface area contributed by atoms with Crippen molar-refractivity contribution in [3.63, 3.8) is 0 Å². The third-order valence-electron chi connectivity index (χ3n) is 3.89. The first-order valence-corrected chi connectivity index (χ1v) is 7.10. The molecular weight excluding hydrogens is 293 g/mol. The molecule has 0 atom stereocenters. The Bertz CT molecular complexity index is 726. The molecule has 3 rings (SSSR count). The van der Waals surface area contributed by atoms with Gasteiger partial charge in [-0.2, -0.15) is 0 Å². The topological polar surface area (TPSA) is 38.1 Å². The summed E-state index contributed by atoms with van der Waals surface area (Å²) in [5.41, 5.74) is 2.88. The number of nitrogens with zero attached hydrogens (tertiary/aromatic N) is 3. The Morgan fingerprint density at radius 1 is 1.43 bits per heavy atom. The number of imidazole rings is 1. The van der Waals surface area contributed by atoms with Gasteiger partial charge < -0.3 is 9.47 Å². The summed E-state index contributed by atoms with van der Waals surface area (Å²) in [6.07, 6.45) is 0.682. The van der Waals surface area contributed by atoms with E-state index in [9.17, 15) is 9.18 Å². The summed E-state index contributed by atoms with van der Waals surface area (Å²) in [5, 5.41) is 0.437. The summed E-state index contributed by atoms with van der Waals surface area (Å²) in [4.78, 5) is 18.6. The van der Waals surface area contributed by atoms with Gasteiger partial charge in [-0.1, -0.05) is 0 Å². The first-order valence-electron chi connectivity index (χ1n) is 6.72. The number of aromatic nitrogens is 2. The van der Waals surface area contributed by atoms with Crippen LogP contribution < -0.4 is 0 Å². The Morgan fingerprint density at radius 2 is 2.19 bits per heavy atom. The molecule has 4 nitrogen and oxygen atoms in total. The van der Waals surface area contributed by atoms with Gasteiger partial charge in [-0.3, -0.25) is 4.79 Å². The molecule has 1 aromatic carbocycles. The SMILES string of the molecule is Cc1cc(C(=O)N2CCc3nc(Cl)n(C)c3C2)ccc1F. The monoisotopic (exact) mass is 307 g/mol. The van der Waals surface area contributed by atoms with Crippen LogP contribution in [0, 0.1) is 12.7 Å². The van der Waals surface area contributed by atoms with Crippen LogP contribution >= 0.6 is 11.6 Å². The molecule has 1 aliphatic rings. The molecule has 0 spiro atoms. The van der Waals surface area contributed by atoms with E-state index in [4.69, 9.17) is 11.6 Å². The number of benzene rings is 1. The van der Waals surface area contributed by atoms with Crippen molar-refractivity contribution in [2.75, 3.05) is 6.54 Å². The summed E-state index contributed by atoms with van der Waals surface area (Å²) < 4.78 is 15.1. The molecule has 2 aromatic rings. The number of hydrogen-bond acceptors (Lipinski definition) is 2. The summed E-state index contributed by atoms with van der Waals surface area (Å²) >= 11 is 6.01. The lowest BCUT2D eigenvalue weighted by molar-refractivity contribution is 0.0730. The van der Waals surface area contributed by atoms with Crippen LogP contribution in [0.5, 0.6) is 0 Å². The van der Waals surface area contributed by atoms with E-state index < -0.39 is 0 Å². The molecule has 0 saturated carbocycles. The van der Waals surface area contributed by atoms with E-state index in [0.717, 1.165) is 11.4 Å². The van der Waals surface area contributed by atoms with Crippen LogP contribution in [0.4, 0.5) is 4.39 Å². The van der Waals surface area contributed by atoms with Crippen LogP contribution in [-0.2, 0) is 20.0 Å². The van der Waals surface area contributed by atoms with E-state index in [1.165, 1.54) is 12.1 Å². The van der Waals surface area contributed by atoms with Crippen molar-refractivity contribution in [1.29, 1.82) is 0 Å². The molecule has 0 N–H and O–H groups in total. The maximum atomic E-state index is 13.3. The summed E-state index contributed by atoms with van der Waals surface area (Å²) in [6.45, 7) is 2.72. The second-order valence-electron chi connectivity index (χ2n) is 5.27. The minimum Gasteiger partial charge on any atom is -0.332 e. The molecule has 0 unspecified atom stereocenters. The van der Waals surface area contributed by atoms with Gasteiger partial charge >= 0.3 is 0 Å². The van der Waals surface area contributed by atoms with Crippen molar-refractivity contribution >= 4 is 17.5 Å². The molecule has 0 saturated heterocycles. The Morgan fingerprint density at radius 3 is 2.90 bits per heavy atom. The number of carbonyl (C=O) groups is 1. The summed E-state index contributed by atoms with van der Waals surface area (Å²) in [6, 6.07) is 4.44. The number of hydrogen-bond donors (Lipinski definition) is 0. The first kappa shape index (κ1) is 14.1. The number of fused-ring (bicyclic) bond motifs is 1. The third-order valence-corrected chi connectivity index (χ3v) is 4.23. The highest BCUT2D eigenvalue weighted by molar-refractivity contribution is 6.28. The highest BCUT2D eigenvalue weighted by Gasteiger charge is 2.26. The van der Waals surface area contributed by atoms with Crippen LogP contribution in [0.25, 0.3) is 0 Å². The lowest BCUT2D eigenvalue weighted by Gasteiger charge is -2.27. The van der Waals surface area contributed by atoms with Crippen molar-refractivity contribution < 1.29 is 9.18 Å². The summed E-state index contributed by atoms with van der Waals surface area (Å²) in [5.74, 6) is -0.396. The Hall–Kier alpha value is -1.88. The van der Waals surface area contributed by atoms with E-state index in [0.29, 0.717) is 35.9 Å². The number of amides is 1. The molecule has 0 radical (unpaired) electrons. The van der Waals surface area contributed by atoms with Crippen LogP contribution in [0.3, 0.4) is 0 Å². The Labute approximate surface area is 127 Å². The Kier molecular flexibility index (Phi) is 3.45. The highest BCUT2D eigenvalue weighted by atomic mass is 35.5. The largest absolute Gasteiger partial charge is 0.332 e. The first-order chi connectivity index (χ1) is 9.97. The van der Waals surface area contributed by atoms with Crippen LogP contribution in [0.1, 0.15) is 27.3 Å². The second kappa shape index (κ2) is 5.15. The maximum absolute atomic E-state index is 13.3. The molecule has 1 amide bonds. The fourth-order valence-electron chi connectivity index (χ4n) is 2.59. The molecular formula is C15H15ClFN3O. The van der Waals surface area contributed by atoms with Gasteiger partial charge in [-0.15, -0.1) is 0 Å². The van der Waals surface area contributed by atoms with Crippen molar-refractivity contribution in [2.24, 2.45) is 7.05 Å². The van der Waals surface area contributed by atoms with E-state index in [1.54, 1.807) is 22.5 Å². The van der Waals surface area contributed by atoms with Gasteiger partial charge in [0.15, 0.2) is 0 Å². The third kappa shape index (κ3) is 2.42. The molecule has 6 heteroatoms. The van der Waals surface area contributed by atoms with E-state index in [-0.39, 0.29) is 11.7 Å². The molecule has 0 aliphatic carbocycles. The number of aryl methyl sites for hydroxylation is 1. The van der Waals surface area contributed by atoms with Crippen LogP contribution in [0.2, 0.25) is 5.28 Å². The Balaban J connectivity index is 1.86. The molecule has 0 bridgehead atoms. The fourth-order valence-corrected chi connectivity index (χ4v) is 2.79. The van der Waals surface area contributed by atoms with E-state index in [2.05, 4.69) is 4.98 Å². The van der Waals surface area contributed by atoms with Crippen LogP contribution in [-0.4, -0.2) is 26.9 Å². The van der Waals surface area contributed by atoms with Crippen molar-refractivity contribution in [3.8, 4) is 0 Å². The zero-order chi connectivity index (χ0) is 15.1. The molecule has 0 fully saturated rings. The van der Waals surface area contributed by atoms with Gasteiger partial charge in [-0.25, -0.2) is 9.37 Å².